The predicted molar refractivity (Wildman–Crippen MR) is 78.8 cm³/mol. The van der Waals surface area contributed by atoms with Crippen LogP contribution >= 0.6 is 0 Å². The van der Waals surface area contributed by atoms with Crippen LogP contribution in [0.15, 0.2) is 0 Å². The molecule has 1 aliphatic carbocycles. The van der Waals surface area contributed by atoms with Crippen molar-refractivity contribution in [3.63, 3.8) is 0 Å². The van der Waals surface area contributed by atoms with Gasteiger partial charge in [0.1, 0.15) is 0 Å². The summed E-state index contributed by atoms with van der Waals surface area (Å²) in [4.78, 5) is 14.6. The molecule has 1 aliphatic heterocycles. The molecule has 3 nitrogen and oxygen atoms in total. The lowest BCUT2D eigenvalue weighted by molar-refractivity contribution is -0.133. The molecule has 1 saturated carbocycles. The third-order valence-corrected chi connectivity index (χ3v) is 4.80. The maximum absolute atomic E-state index is 12.4. The van der Waals surface area contributed by atoms with Crippen LogP contribution in [0.1, 0.15) is 71.6 Å². The van der Waals surface area contributed by atoms with E-state index >= 15 is 0 Å². The molecule has 2 N–H and O–H groups in total. The molecule has 2 aliphatic rings. The number of carbonyl (C=O) groups is 1. The van der Waals surface area contributed by atoms with Crippen molar-refractivity contribution in [3.05, 3.63) is 0 Å². The standard InChI is InChI=1S/C16H30N2O/c1-16(2,17)11-10-15(19)18-12-6-9-14(18)13-7-4-3-5-8-13/h13-14H,3-12,17H2,1-2H3. The first-order valence-corrected chi connectivity index (χ1v) is 8.06. The van der Waals surface area contributed by atoms with Crippen molar-refractivity contribution < 1.29 is 4.79 Å². The van der Waals surface area contributed by atoms with Crippen LogP contribution in [0.5, 0.6) is 0 Å². The summed E-state index contributed by atoms with van der Waals surface area (Å²) in [5.74, 6) is 1.11. The van der Waals surface area contributed by atoms with Gasteiger partial charge >= 0.3 is 0 Å². The molecule has 110 valence electrons. The summed E-state index contributed by atoms with van der Waals surface area (Å²) in [6, 6.07) is 0.536. The highest BCUT2D eigenvalue weighted by molar-refractivity contribution is 5.77. The molecule has 0 bridgehead atoms. The Hall–Kier alpha value is -0.570. The molecule has 0 aromatic carbocycles. The number of hydrogen-bond donors (Lipinski definition) is 1. The number of hydrogen-bond acceptors (Lipinski definition) is 2. The summed E-state index contributed by atoms with van der Waals surface area (Å²) in [7, 11) is 0. The van der Waals surface area contributed by atoms with Crippen molar-refractivity contribution in [2.24, 2.45) is 11.7 Å². The van der Waals surface area contributed by atoms with Crippen LogP contribution in [0.25, 0.3) is 0 Å². The summed E-state index contributed by atoms with van der Waals surface area (Å²) in [6.45, 7) is 4.98. The van der Waals surface area contributed by atoms with Crippen LogP contribution in [0.2, 0.25) is 0 Å². The maximum Gasteiger partial charge on any atom is 0.222 e. The molecule has 1 unspecified atom stereocenters. The van der Waals surface area contributed by atoms with Gasteiger partial charge in [-0.1, -0.05) is 19.3 Å². The summed E-state index contributed by atoms with van der Waals surface area (Å²) >= 11 is 0. The van der Waals surface area contributed by atoms with Gasteiger partial charge in [-0.2, -0.15) is 0 Å². The van der Waals surface area contributed by atoms with Gasteiger partial charge in [-0.15, -0.1) is 0 Å². The molecule has 19 heavy (non-hydrogen) atoms. The van der Waals surface area contributed by atoms with Gasteiger partial charge in [-0.25, -0.2) is 0 Å². The van der Waals surface area contributed by atoms with E-state index in [1.165, 1.54) is 44.9 Å². The Kier molecular flexibility index (Phi) is 4.88. The smallest absolute Gasteiger partial charge is 0.222 e. The molecule has 1 saturated heterocycles. The first kappa shape index (κ1) is 14.8. The van der Waals surface area contributed by atoms with E-state index in [0.29, 0.717) is 18.4 Å². The maximum atomic E-state index is 12.4. The zero-order valence-electron chi connectivity index (χ0n) is 12.7. The van der Waals surface area contributed by atoms with E-state index in [9.17, 15) is 4.79 Å². The Bertz CT molecular complexity index is 302. The van der Waals surface area contributed by atoms with Gasteiger partial charge in [0, 0.05) is 24.5 Å². The van der Waals surface area contributed by atoms with Crippen molar-refractivity contribution in [1.82, 2.24) is 4.90 Å². The molecule has 0 aromatic rings. The monoisotopic (exact) mass is 266 g/mol. The fraction of sp³-hybridized carbons (Fsp3) is 0.938. The van der Waals surface area contributed by atoms with E-state index in [4.69, 9.17) is 5.73 Å². The molecule has 2 rings (SSSR count). The molecule has 0 radical (unpaired) electrons. The number of amides is 1. The summed E-state index contributed by atoms with van der Waals surface area (Å²) in [5.41, 5.74) is 5.76. The normalized spacial score (nSPS) is 25.8. The molecular formula is C16H30N2O. The van der Waals surface area contributed by atoms with Gasteiger partial charge in [0.25, 0.3) is 0 Å². The van der Waals surface area contributed by atoms with E-state index in [1.807, 2.05) is 13.8 Å². The van der Waals surface area contributed by atoms with Crippen LogP contribution in [0.4, 0.5) is 0 Å². The van der Waals surface area contributed by atoms with Crippen LogP contribution in [-0.2, 0) is 4.79 Å². The molecule has 2 fully saturated rings. The number of carbonyl (C=O) groups excluding carboxylic acids is 1. The minimum absolute atomic E-state index is 0.226. The number of nitrogens with two attached hydrogens (primary N) is 1. The van der Waals surface area contributed by atoms with Gasteiger partial charge in [0.05, 0.1) is 0 Å². The minimum atomic E-state index is -0.226. The van der Waals surface area contributed by atoms with Crippen molar-refractivity contribution in [1.29, 1.82) is 0 Å². The number of rotatable bonds is 4. The fourth-order valence-corrected chi connectivity index (χ4v) is 3.68. The van der Waals surface area contributed by atoms with E-state index in [1.54, 1.807) is 0 Å². The highest BCUT2D eigenvalue weighted by Crippen LogP contribution is 2.34. The Labute approximate surface area is 117 Å². The van der Waals surface area contributed by atoms with Gasteiger partial charge in [-0.3, -0.25) is 4.79 Å². The third-order valence-electron chi connectivity index (χ3n) is 4.80. The largest absolute Gasteiger partial charge is 0.339 e. The highest BCUT2D eigenvalue weighted by atomic mass is 16.2. The van der Waals surface area contributed by atoms with Gasteiger partial charge in [0.2, 0.25) is 5.91 Å². The lowest BCUT2D eigenvalue weighted by Gasteiger charge is -2.34. The first-order chi connectivity index (χ1) is 8.97. The van der Waals surface area contributed by atoms with E-state index in [0.717, 1.165) is 18.9 Å². The Morgan fingerprint density at radius 2 is 1.84 bits per heavy atom. The number of likely N-dealkylation sites (tertiary alicyclic amines) is 1. The SMILES string of the molecule is CC(C)(N)CCC(=O)N1CCCC1C1CCCCC1. The summed E-state index contributed by atoms with van der Waals surface area (Å²) in [5, 5.41) is 0. The van der Waals surface area contributed by atoms with E-state index in [-0.39, 0.29) is 5.54 Å². The molecule has 0 aromatic heterocycles. The lowest BCUT2D eigenvalue weighted by Crippen LogP contribution is -2.42. The van der Waals surface area contributed by atoms with Crippen molar-refractivity contribution in [3.8, 4) is 0 Å². The number of nitrogens with zero attached hydrogens (tertiary/aromatic N) is 1. The second-order valence-electron chi connectivity index (χ2n) is 7.18. The van der Waals surface area contributed by atoms with Crippen molar-refractivity contribution in [2.75, 3.05) is 6.54 Å². The molecule has 0 spiro atoms. The average Bonchev–Trinajstić information content (AvgIpc) is 2.85. The van der Waals surface area contributed by atoms with Gasteiger partial charge in [-0.05, 0) is 51.9 Å². The highest BCUT2D eigenvalue weighted by Gasteiger charge is 2.35. The van der Waals surface area contributed by atoms with Crippen molar-refractivity contribution in [2.45, 2.75) is 83.2 Å². The molecule has 1 heterocycles. The zero-order chi connectivity index (χ0) is 13.9. The van der Waals surface area contributed by atoms with E-state index < -0.39 is 0 Å². The van der Waals surface area contributed by atoms with Crippen LogP contribution in [0.3, 0.4) is 0 Å². The summed E-state index contributed by atoms with van der Waals surface area (Å²) < 4.78 is 0. The van der Waals surface area contributed by atoms with Crippen molar-refractivity contribution >= 4 is 5.91 Å². The Balaban J connectivity index is 1.88. The lowest BCUT2D eigenvalue weighted by atomic mass is 9.83. The minimum Gasteiger partial charge on any atom is -0.339 e. The molecular weight excluding hydrogens is 236 g/mol. The van der Waals surface area contributed by atoms with E-state index in [2.05, 4.69) is 4.90 Å². The molecule has 1 atom stereocenters. The molecule has 1 amide bonds. The topological polar surface area (TPSA) is 46.3 Å². The quantitative estimate of drug-likeness (QED) is 0.850. The molecule has 3 heteroatoms. The first-order valence-electron chi connectivity index (χ1n) is 8.06. The van der Waals surface area contributed by atoms with Crippen LogP contribution in [-0.4, -0.2) is 28.9 Å². The van der Waals surface area contributed by atoms with Gasteiger partial charge < -0.3 is 10.6 Å². The Morgan fingerprint density at radius 1 is 1.16 bits per heavy atom. The average molecular weight is 266 g/mol. The second kappa shape index (κ2) is 6.25. The van der Waals surface area contributed by atoms with Gasteiger partial charge in [0.15, 0.2) is 0 Å². The van der Waals surface area contributed by atoms with Crippen LogP contribution in [0, 0.1) is 5.92 Å². The van der Waals surface area contributed by atoms with Crippen LogP contribution < -0.4 is 5.73 Å². The zero-order valence-corrected chi connectivity index (χ0v) is 12.7. The predicted octanol–water partition coefficient (Wildman–Crippen LogP) is 3.08. The second-order valence-corrected chi connectivity index (χ2v) is 7.18. The third kappa shape index (κ3) is 4.20. The fourth-order valence-electron chi connectivity index (χ4n) is 3.68. The Morgan fingerprint density at radius 3 is 2.47 bits per heavy atom. The summed E-state index contributed by atoms with van der Waals surface area (Å²) in [6.07, 6.45) is 10.6.